The molecule has 0 radical (unpaired) electrons. The van der Waals surface area contributed by atoms with E-state index < -0.39 is 5.60 Å². The van der Waals surface area contributed by atoms with Crippen LogP contribution in [-0.2, 0) is 0 Å². The van der Waals surface area contributed by atoms with Crippen LogP contribution in [0.2, 0.25) is 0 Å². The lowest BCUT2D eigenvalue weighted by Crippen LogP contribution is -2.42. The molecule has 0 atom stereocenters. The summed E-state index contributed by atoms with van der Waals surface area (Å²) < 4.78 is 0. The van der Waals surface area contributed by atoms with Crippen LogP contribution < -0.4 is 5.32 Å². The van der Waals surface area contributed by atoms with Crippen LogP contribution in [0, 0.1) is 0 Å². The molecule has 2 aliphatic rings. The first kappa shape index (κ1) is 13.5. The largest absolute Gasteiger partial charge is 0.388 e. The van der Waals surface area contributed by atoms with Crippen LogP contribution in [0.1, 0.15) is 73.7 Å². The predicted octanol–water partition coefficient (Wildman–Crippen LogP) is 1.50. The van der Waals surface area contributed by atoms with Crippen LogP contribution >= 0.6 is 0 Å². The highest BCUT2D eigenvalue weighted by atomic mass is 16.3. The number of hydrogen-bond acceptors (Lipinski definition) is 4. The summed E-state index contributed by atoms with van der Waals surface area (Å²) in [6.07, 6.45) is 8.15. The molecule has 1 heterocycles. The zero-order valence-electron chi connectivity index (χ0n) is 11.7. The van der Waals surface area contributed by atoms with Crippen LogP contribution in [0.25, 0.3) is 0 Å². The Kier molecular flexibility index (Phi) is 3.74. The molecule has 1 aromatic heterocycles. The number of hydrogen-bond donors (Lipinski definition) is 3. The van der Waals surface area contributed by atoms with Crippen molar-refractivity contribution in [1.82, 2.24) is 20.5 Å². The molecule has 2 aliphatic carbocycles. The van der Waals surface area contributed by atoms with Gasteiger partial charge in [0.1, 0.15) is 5.82 Å². The number of aromatic nitrogens is 3. The summed E-state index contributed by atoms with van der Waals surface area (Å²) in [7, 11) is 0. The lowest BCUT2D eigenvalue weighted by molar-refractivity contribution is 0.0245. The summed E-state index contributed by atoms with van der Waals surface area (Å²) in [4.78, 5) is 16.2. The quantitative estimate of drug-likeness (QED) is 0.728. The summed E-state index contributed by atoms with van der Waals surface area (Å²) >= 11 is 0. The van der Waals surface area contributed by atoms with Crippen LogP contribution in [0.4, 0.5) is 0 Å². The summed E-state index contributed by atoms with van der Waals surface area (Å²) in [6, 6.07) is 0. The molecule has 20 heavy (non-hydrogen) atoms. The maximum atomic E-state index is 12.0. The lowest BCUT2D eigenvalue weighted by atomic mass is 9.94. The van der Waals surface area contributed by atoms with Gasteiger partial charge in [0.15, 0.2) is 0 Å². The average Bonchev–Trinajstić information content (AvgIpc) is 3.21. The second-order valence-corrected chi connectivity index (χ2v) is 6.14. The monoisotopic (exact) mass is 278 g/mol. The van der Waals surface area contributed by atoms with Crippen molar-refractivity contribution in [2.75, 3.05) is 6.54 Å². The zero-order valence-corrected chi connectivity index (χ0v) is 11.7. The number of aliphatic hydroxyl groups is 1. The van der Waals surface area contributed by atoms with Crippen LogP contribution in [0.5, 0.6) is 0 Å². The van der Waals surface area contributed by atoms with Crippen molar-refractivity contribution in [2.24, 2.45) is 0 Å². The Morgan fingerprint density at radius 3 is 2.65 bits per heavy atom. The topological polar surface area (TPSA) is 90.9 Å². The smallest absolute Gasteiger partial charge is 0.291 e. The van der Waals surface area contributed by atoms with E-state index in [0.717, 1.165) is 44.3 Å². The Morgan fingerprint density at radius 2 is 2.00 bits per heavy atom. The van der Waals surface area contributed by atoms with Gasteiger partial charge in [-0.1, -0.05) is 25.7 Å². The van der Waals surface area contributed by atoms with Gasteiger partial charge in [-0.25, -0.2) is 4.98 Å². The summed E-state index contributed by atoms with van der Waals surface area (Å²) in [5.41, 5.74) is -0.762. The highest BCUT2D eigenvalue weighted by Crippen LogP contribution is 2.37. The van der Waals surface area contributed by atoms with Gasteiger partial charge in [-0.15, -0.1) is 5.10 Å². The number of nitrogens with zero attached hydrogens (tertiary/aromatic N) is 2. The fourth-order valence-electron chi connectivity index (χ4n) is 2.80. The highest BCUT2D eigenvalue weighted by molar-refractivity contribution is 5.90. The molecule has 3 rings (SSSR count). The Morgan fingerprint density at radius 1 is 1.30 bits per heavy atom. The Hall–Kier alpha value is -1.43. The number of H-pyrrole nitrogens is 1. The normalized spacial score (nSPS) is 22.2. The molecule has 2 fully saturated rings. The van der Waals surface area contributed by atoms with Crippen LogP contribution in [-0.4, -0.2) is 38.3 Å². The van der Waals surface area contributed by atoms with E-state index in [1.54, 1.807) is 0 Å². The maximum Gasteiger partial charge on any atom is 0.291 e. The molecule has 6 nitrogen and oxygen atoms in total. The van der Waals surface area contributed by atoms with Crippen molar-refractivity contribution in [1.29, 1.82) is 0 Å². The summed E-state index contributed by atoms with van der Waals surface area (Å²) in [5, 5.41) is 20.0. The van der Waals surface area contributed by atoms with Gasteiger partial charge in [0.25, 0.3) is 5.91 Å². The number of carbonyl (C=O) groups is 1. The number of rotatable bonds is 4. The molecule has 0 saturated heterocycles. The molecule has 3 N–H and O–H groups in total. The van der Waals surface area contributed by atoms with E-state index in [9.17, 15) is 9.90 Å². The van der Waals surface area contributed by atoms with Crippen molar-refractivity contribution in [2.45, 2.75) is 62.9 Å². The highest BCUT2D eigenvalue weighted by Gasteiger charge is 2.30. The van der Waals surface area contributed by atoms with Gasteiger partial charge in [-0.3, -0.25) is 9.89 Å². The van der Waals surface area contributed by atoms with Crippen molar-refractivity contribution in [3.8, 4) is 0 Å². The van der Waals surface area contributed by atoms with Gasteiger partial charge in [-0.05, 0) is 25.7 Å². The zero-order chi connectivity index (χ0) is 14.0. The van der Waals surface area contributed by atoms with E-state index in [2.05, 4.69) is 20.5 Å². The van der Waals surface area contributed by atoms with Gasteiger partial charge >= 0.3 is 0 Å². The lowest BCUT2D eigenvalue weighted by Gasteiger charge is -2.26. The first-order valence-corrected chi connectivity index (χ1v) is 7.59. The van der Waals surface area contributed by atoms with E-state index in [1.807, 2.05) is 0 Å². The Bertz CT molecular complexity index is 473. The van der Waals surface area contributed by atoms with Crippen LogP contribution in [0.15, 0.2) is 0 Å². The maximum absolute atomic E-state index is 12.0. The Labute approximate surface area is 118 Å². The number of nitrogens with one attached hydrogen (secondary N) is 2. The van der Waals surface area contributed by atoms with E-state index in [0.29, 0.717) is 12.5 Å². The average molecular weight is 278 g/mol. The SMILES string of the molecule is O=C(NCC1(O)CCCCCC1)c1n[nH]c(C2CC2)n1. The number of aromatic amines is 1. The molecule has 0 aliphatic heterocycles. The first-order chi connectivity index (χ1) is 9.66. The molecule has 1 amide bonds. The van der Waals surface area contributed by atoms with Crippen molar-refractivity contribution in [3.63, 3.8) is 0 Å². The third-order valence-electron chi connectivity index (χ3n) is 4.28. The molecule has 2 saturated carbocycles. The molecular weight excluding hydrogens is 256 g/mol. The van der Waals surface area contributed by atoms with Gasteiger partial charge in [0.2, 0.25) is 5.82 Å². The molecular formula is C14H22N4O2. The van der Waals surface area contributed by atoms with E-state index >= 15 is 0 Å². The number of carbonyl (C=O) groups excluding carboxylic acids is 1. The molecule has 6 heteroatoms. The second-order valence-electron chi connectivity index (χ2n) is 6.14. The molecule has 0 bridgehead atoms. The molecule has 110 valence electrons. The van der Waals surface area contributed by atoms with Crippen molar-refractivity contribution < 1.29 is 9.90 Å². The third-order valence-corrected chi connectivity index (χ3v) is 4.28. The number of amides is 1. The fraction of sp³-hybridized carbons (Fsp3) is 0.786. The van der Waals surface area contributed by atoms with E-state index in [4.69, 9.17) is 0 Å². The van der Waals surface area contributed by atoms with E-state index in [-0.39, 0.29) is 11.7 Å². The minimum atomic E-state index is -0.762. The van der Waals surface area contributed by atoms with Gasteiger partial charge < -0.3 is 10.4 Å². The minimum absolute atomic E-state index is 0.184. The van der Waals surface area contributed by atoms with Crippen LogP contribution in [0.3, 0.4) is 0 Å². The summed E-state index contributed by atoms with van der Waals surface area (Å²) in [5.74, 6) is 1.15. The molecule has 1 aromatic rings. The third kappa shape index (κ3) is 3.17. The first-order valence-electron chi connectivity index (χ1n) is 7.59. The second kappa shape index (κ2) is 5.52. The molecule has 0 spiro atoms. The van der Waals surface area contributed by atoms with Crippen molar-refractivity contribution >= 4 is 5.91 Å². The summed E-state index contributed by atoms with van der Waals surface area (Å²) in [6.45, 7) is 0.291. The van der Waals surface area contributed by atoms with Gasteiger partial charge in [0, 0.05) is 12.5 Å². The predicted molar refractivity (Wildman–Crippen MR) is 73.3 cm³/mol. The molecule has 0 unspecified atom stereocenters. The van der Waals surface area contributed by atoms with Gasteiger partial charge in [-0.2, -0.15) is 0 Å². The Balaban J connectivity index is 1.54. The fourth-order valence-corrected chi connectivity index (χ4v) is 2.80. The van der Waals surface area contributed by atoms with Crippen molar-refractivity contribution in [3.05, 3.63) is 11.6 Å². The standard InChI is InChI=1S/C14H22N4O2/c19-13(12-16-11(17-18-12)10-5-6-10)15-9-14(20)7-3-1-2-4-8-14/h10,20H,1-9H2,(H,15,19)(H,16,17,18). The molecule has 0 aromatic carbocycles. The van der Waals surface area contributed by atoms with E-state index in [1.165, 1.54) is 12.8 Å². The van der Waals surface area contributed by atoms with Gasteiger partial charge in [0.05, 0.1) is 5.60 Å². The minimum Gasteiger partial charge on any atom is -0.388 e.